The molecule has 1 amide bonds. The monoisotopic (exact) mass is 309 g/mol. The van der Waals surface area contributed by atoms with Gasteiger partial charge in [-0.1, -0.05) is 18.2 Å². The van der Waals surface area contributed by atoms with E-state index in [1.165, 1.54) is 20.3 Å². The molecule has 2 aromatic rings. The molecule has 0 saturated heterocycles. The Morgan fingerprint density at radius 3 is 2.61 bits per heavy atom. The third kappa shape index (κ3) is 2.68. The number of para-hydroxylation sites is 1. The van der Waals surface area contributed by atoms with Gasteiger partial charge in [0.2, 0.25) is 0 Å². The number of hydrogen-bond acceptors (Lipinski definition) is 4. The van der Waals surface area contributed by atoms with Crippen LogP contribution < -0.4 is 14.8 Å². The molecule has 5 heteroatoms. The summed E-state index contributed by atoms with van der Waals surface area (Å²) in [7, 11) is 3.01. The van der Waals surface area contributed by atoms with E-state index >= 15 is 0 Å². The number of hydrogen-bond donors (Lipinski definition) is 1. The molecule has 0 spiro atoms. The van der Waals surface area contributed by atoms with Gasteiger partial charge in [-0.15, -0.1) is 0 Å². The molecule has 1 aliphatic rings. The van der Waals surface area contributed by atoms with Crippen LogP contribution in [0.1, 0.15) is 15.9 Å². The van der Waals surface area contributed by atoms with Crippen LogP contribution in [0.15, 0.2) is 48.5 Å². The Hall–Kier alpha value is -3.08. The highest BCUT2D eigenvalue weighted by molar-refractivity contribution is 6.35. The molecule has 2 aromatic carbocycles. The van der Waals surface area contributed by atoms with E-state index in [9.17, 15) is 9.59 Å². The molecule has 0 saturated carbocycles. The summed E-state index contributed by atoms with van der Waals surface area (Å²) in [5.74, 6) is 0.368. The molecule has 1 heterocycles. The molecular formula is C18H15NO4. The molecule has 0 aliphatic carbocycles. The van der Waals surface area contributed by atoms with Crippen LogP contribution in [0.5, 0.6) is 11.5 Å². The average molecular weight is 309 g/mol. The Labute approximate surface area is 133 Å². The number of rotatable bonds is 4. The maximum atomic E-state index is 12.6. The molecule has 1 aliphatic heterocycles. The van der Waals surface area contributed by atoms with E-state index in [2.05, 4.69) is 5.32 Å². The lowest BCUT2D eigenvalue weighted by Gasteiger charge is -2.08. The van der Waals surface area contributed by atoms with Crippen molar-refractivity contribution >= 4 is 23.0 Å². The van der Waals surface area contributed by atoms with E-state index < -0.39 is 0 Å². The van der Waals surface area contributed by atoms with Crippen molar-refractivity contribution < 1.29 is 19.1 Å². The van der Waals surface area contributed by atoms with Crippen LogP contribution in [0, 0.1) is 0 Å². The Balaban J connectivity index is 2.03. The molecule has 0 atom stereocenters. The van der Waals surface area contributed by atoms with Gasteiger partial charge in [0.1, 0.15) is 11.5 Å². The van der Waals surface area contributed by atoms with Crippen molar-refractivity contribution in [2.24, 2.45) is 0 Å². The maximum Gasteiger partial charge on any atom is 0.256 e. The average Bonchev–Trinajstić information content (AvgIpc) is 2.90. The van der Waals surface area contributed by atoms with Crippen molar-refractivity contribution in [1.29, 1.82) is 0 Å². The smallest absolute Gasteiger partial charge is 0.256 e. The number of carbonyl (C=O) groups is 2. The van der Waals surface area contributed by atoms with Crippen molar-refractivity contribution in [1.82, 2.24) is 0 Å². The highest BCUT2D eigenvalue weighted by Crippen LogP contribution is 2.32. The molecule has 0 unspecified atom stereocenters. The lowest BCUT2D eigenvalue weighted by Crippen LogP contribution is -2.07. The lowest BCUT2D eigenvalue weighted by molar-refractivity contribution is -0.110. The Kier molecular flexibility index (Phi) is 3.85. The standard InChI is InChI=1S/C18H15NO4/c1-22-11-7-8-17(23-2)14(9-11)16(20)10-13-12-5-3-4-6-15(12)19-18(13)21/h3-10H,1-2H3,(H,19,21). The first-order valence-corrected chi connectivity index (χ1v) is 7.03. The molecule has 3 rings (SSSR count). The van der Waals surface area contributed by atoms with E-state index in [0.717, 1.165) is 0 Å². The highest BCUT2D eigenvalue weighted by atomic mass is 16.5. The van der Waals surface area contributed by atoms with Crippen LogP contribution in [0.3, 0.4) is 0 Å². The molecule has 23 heavy (non-hydrogen) atoms. The number of carbonyl (C=O) groups excluding carboxylic acids is 2. The number of benzene rings is 2. The zero-order valence-electron chi connectivity index (χ0n) is 12.8. The summed E-state index contributed by atoms with van der Waals surface area (Å²) in [5, 5.41) is 2.74. The minimum Gasteiger partial charge on any atom is -0.497 e. The summed E-state index contributed by atoms with van der Waals surface area (Å²) in [6, 6.07) is 12.2. The van der Waals surface area contributed by atoms with Crippen LogP contribution >= 0.6 is 0 Å². The number of amides is 1. The van der Waals surface area contributed by atoms with E-state index in [1.54, 1.807) is 30.3 Å². The van der Waals surface area contributed by atoms with Crippen LogP contribution in [-0.4, -0.2) is 25.9 Å². The minimum atomic E-state index is -0.317. The zero-order valence-corrected chi connectivity index (χ0v) is 12.8. The van der Waals surface area contributed by atoms with Gasteiger partial charge in [-0.2, -0.15) is 0 Å². The van der Waals surface area contributed by atoms with Gasteiger partial charge in [-0.05, 0) is 30.3 Å². The van der Waals surface area contributed by atoms with Gasteiger partial charge >= 0.3 is 0 Å². The van der Waals surface area contributed by atoms with Gasteiger partial charge in [-0.3, -0.25) is 9.59 Å². The number of anilines is 1. The van der Waals surface area contributed by atoms with Crippen LogP contribution in [0.25, 0.3) is 5.57 Å². The number of ketones is 1. The SMILES string of the molecule is COc1ccc(OC)c(C(=O)C=C2C(=O)Nc3ccccc32)c1. The van der Waals surface area contributed by atoms with Crippen molar-refractivity contribution in [3.8, 4) is 11.5 Å². The maximum absolute atomic E-state index is 12.6. The normalized spacial score (nSPS) is 14.3. The third-order valence-corrected chi connectivity index (χ3v) is 3.66. The number of nitrogens with one attached hydrogen (secondary N) is 1. The van der Waals surface area contributed by atoms with Crippen LogP contribution in [0.4, 0.5) is 5.69 Å². The summed E-state index contributed by atoms with van der Waals surface area (Å²) in [6.45, 7) is 0. The van der Waals surface area contributed by atoms with E-state index in [1.807, 2.05) is 12.1 Å². The second kappa shape index (κ2) is 5.96. The van der Waals surface area contributed by atoms with Gasteiger partial charge in [0, 0.05) is 11.3 Å². The molecule has 5 nitrogen and oxygen atoms in total. The topological polar surface area (TPSA) is 64.6 Å². The van der Waals surface area contributed by atoms with Crippen molar-refractivity contribution in [2.45, 2.75) is 0 Å². The van der Waals surface area contributed by atoms with E-state index in [-0.39, 0.29) is 11.7 Å². The summed E-state index contributed by atoms with van der Waals surface area (Å²) in [4.78, 5) is 24.7. The lowest BCUT2D eigenvalue weighted by atomic mass is 10.0. The predicted octanol–water partition coefficient (Wildman–Crippen LogP) is 2.92. The Bertz CT molecular complexity index is 824. The Morgan fingerprint density at radius 1 is 1.09 bits per heavy atom. The first-order valence-electron chi connectivity index (χ1n) is 7.03. The third-order valence-electron chi connectivity index (χ3n) is 3.66. The fourth-order valence-corrected chi connectivity index (χ4v) is 2.50. The van der Waals surface area contributed by atoms with E-state index in [4.69, 9.17) is 9.47 Å². The van der Waals surface area contributed by atoms with Crippen molar-refractivity contribution in [3.05, 3.63) is 59.7 Å². The molecular weight excluding hydrogens is 294 g/mol. The molecule has 0 aromatic heterocycles. The van der Waals surface area contributed by atoms with Crippen LogP contribution in [0.2, 0.25) is 0 Å². The summed E-state index contributed by atoms with van der Waals surface area (Å²) in [6.07, 6.45) is 1.33. The van der Waals surface area contributed by atoms with Gasteiger partial charge in [0.25, 0.3) is 5.91 Å². The first-order chi connectivity index (χ1) is 11.1. The molecule has 0 bridgehead atoms. The van der Waals surface area contributed by atoms with Crippen LogP contribution in [-0.2, 0) is 4.79 Å². The van der Waals surface area contributed by atoms with Gasteiger partial charge < -0.3 is 14.8 Å². The Morgan fingerprint density at radius 2 is 1.87 bits per heavy atom. The summed E-state index contributed by atoms with van der Waals surface area (Å²) >= 11 is 0. The second-order valence-electron chi connectivity index (χ2n) is 4.99. The van der Waals surface area contributed by atoms with Gasteiger partial charge in [0.05, 0.1) is 25.4 Å². The molecule has 0 fully saturated rings. The second-order valence-corrected chi connectivity index (χ2v) is 4.99. The zero-order chi connectivity index (χ0) is 16.4. The highest BCUT2D eigenvalue weighted by Gasteiger charge is 2.25. The van der Waals surface area contributed by atoms with E-state index in [0.29, 0.717) is 33.9 Å². The fraction of sp³-hybridized carbons (Fsp3) is 0.111. The number of ether oxygens (including phenoxy) is 2. The van der Waals surface area contributed by atoms with Crippen molar-refractivity contribution in [3.63, 3.8) is 0 Å². The number of fused-ring (bicyclic) bond motifs is 1. The van der Waals surface area contributed by atoms with Gasteiger partial charge in [0.15, 0.2) is 5.78 Å². The number of methoxy groups -OCH3 is 2. The molecule has 116 valence electrons. The molecule has 1 N–H and O–H groups in total. The first kappa shape index (κ1) is 14.8. The quantitative estimate of drug-likeness (QED) is 0.696. The summed E-state index contributed by atoms with van der Waals surface area (Å²) < 4.78 is 10.4. The predicted molar refractivity (Wildman–Crippen MR) is 86.9 cm³/mol. The molecule has 0 radical (unpaired) electrons. The minimum absolute atomic E-state index is 0.290. The van der Waals surface area contributed by atoms with Gasteiger partial charge in [-0.25, -0.2) is 0 Å². The van der Waals surface area contributed by atoms with Crippen molar-refractivity contribution in [2.75, 3.05) is 19.5 Å². The summed E-state index contributed by atoms with van der Waals surface area (Å²) in [5.41, 5.74) is 2.11. The fourth-order valence-electron chi connectivity index (χ4n) is 2.50. The largest absolute Gasteiger partial charge is 0.497 e. The number of allylic oxidation sites excluding steroid dienone is 1.